The summed E-state index contributed by atoms with van der Waals surface area (Å²) in [4.78, 5) is 7.26. The van der Waals surface area contributed by atoms with Crippen LogP contribution in [0.15, 0.2) is 29.3 Å². The highest BCUT2D eigenvalue weighted by Crippen LogP contribution is 2.23. The lowest BCUT2D eigenvalue weighted by Crippen LogP contribution is -2.44. The third-order valence-corrected chi connectivity index (χ3v) is 5.20. The van der Waals surface area contributed by atoms with E-state index in [1.807, 2.05) is 12.1 Å². The molecule has 0 radical (unpaired) electrons. The first-order valence-electron chi connectivity index (χ1n) is 9.88. The van der Waals surface area contributed by atoms with Crippen LogP contribution < -0.4 is 10.6 Å². The van der Waals surface area contributed by atoms with Gasteiger partial charge >= 0.3 is 0 Å². The Kier molecular flexibility index (Phi) is 9.78. The Labute approximate surface area is 179 Å². The lowest BCUT2D eigenvalue weighted by Gasteiger charge is -2.34. The maximum atomic E-state index is 13.4. The van der Waals surface area contributed by atoms with Crippen LogP contribution in [0.25, 0.3) is 0 Å². The quantitative estimate of drug-likeness (QED) is 0.365. The van der Waals surface area contributed by atoms with Crippen LogP contribution in [-0.2, 0) is 4.74 Å². The predicted molar refractivity (Wildman–Crippen MR) is 118 cm³/mol. The first-order chi connectivity index (χ1) is 12.8. The zero-order valence-corrected chi connectivity index (χ0v) is 18.5. The molecule has 27 heavy (non-hydrogen) atoms. The largest absolute Gasteiger partial charge is 0.379 e. The molecule has 1 saturated carbocycles. The zero-order valence-electron chi connectivity index (χ0n) is 16.1. The lowest BCUT2D eigenvalue weighted by atomic mass is 10.0. The topological polar surface area (TPSA) is 48.9 Å². The van der Waals surface area contributed by atoms with Crippen molar-refractivity contribution in [2.45, 2.75) is 44.7 Å². The van der Waals surface area contributed by atoms with Crippen molar-refractivity contribution in [2.24, 2.45) is 4.99 Å². The number of rotatable bonds is 6. The Morgan fingerprint density at radius 1 is 1.22 bits per heavy atom. The Morgan fingerprint density at radius 3 is 2.52 bits per heavy atom. The summed E-state index contributed by atoms with van der Waals surface area (Å²) in [5.74, 6) is 0.689. The zero-order chi connectivity index (χ0) is 18.2. The van der Waals surface area contributed by atoms with Crippen molar-refractivity contribution in [1.82, 2.24) is 15.5 Å². The average Bonchev–Trinajstić information content (AvgIpc) is 3.17. The van der Waals surface area contributed by atoms with E-state index in [0.29, 0.717) is 12.6 Å². The average molecular weight is 490 g/mol. The number of morpholine rings is 1. The smallest absolute Gasteiger partial charge is 0.191 e. The second-order valence-electron chi connectivity index (χ2n) is 7.06. The Hall–Kier alpha value is -0.930. The van der Waals surface area contributed by atoms with Crippen molar-refractivity contribution in [1.29, 1.82) is 0 Å². The molecule has 0 bridgehead atoms. The molecule has 1 heterocycles. The van der Waals surface area contributed by atoms with Crippen LogP contribution in [0.5, 0.6) is 0 Å². The normalized spacial score (nSPS) is 20.1. The van der Waals surface area contributed by atoms with Gasteiger partial charge in [-0.1, -0.05) is 25.0 Å². The van der Waals surface area contributed by atoms with Crippen molar-refractivity contribution in [3.8, 4) is 0 Å². The Bertz CT molecular complexity index is 572. The van der Waals surface area contributed by atoms with E-state index in [-0.39, 0.29) is 35.8 Å². The second kappa shape index (κ2) is 11.8. The molecular formula is C20H32FIN4O. The van der Waals surface area contributed by atoms with Gasteiger partial charge in [0.1, 0.15) is 5.82 Å². The maximum Gasteiger partial charge on any atom is 0.191 e. The number of nitrogens with one attached hydrogen (secondary N) is 2. The van der Waals surface area contributed by atoms with Crippen molar-refractivity contribution < 1.29 is 9.13 Å². The molecule has 1 aromatic rings. The number of hydrogen-bond donors (Lipinski definition) is 2. The summed E-state index contributed by atoms with van der Waals surface area (Å²) >= 11 is 0. The molecule has 152 valence electrons. The SMILES string of the molecule is CCNC(=NCC(c1ccc(F)cc1)N1CCOCC1)NC1CCCC1.I. The fourth-order valence-corrected chi connectivity index (χ4v) is 3.77. The van der Waals surface area contributed by atoms with Crippen LogP contribution in [0.2, 0.25) is 0 Å². The van der Waals surface area contributed by atoms with Crippen LogP contribution in [-0.4, -0.2) is 56.3 Å². The van der Waals surface area contributed by atoms with Gasteiger partial charge in [-0.2, -0.15) is 0 Å². The molecule has 2 fully saturated rings. The van der Waals surface area contributed by atoms with Crippen LogP contribution in [0.3, 0.4) is 0 Å². The van der Waals surface area contributed by atoms with Gasteiger partial charge in [0.15, 0.2) is 5.96 Å². The van der Waals surface area contributed by atoms with Crippen molar-refractivity contribution in [2.75, 3.05) is 39.4 Å². The highest BCUT2D eigenvalue weighted by Gasteiger charge is 2.23. The highest BCUT2D eigenvalue weighted by molar-refractivity contribution is 14.0. The molecule has 1 saturated heterocycles. The first-order valence-corrected chi connectivity index (χ1v) is 9.88. The molecule has 5 nitrogen and oxygen atoms in total. The third-order valence-electron chi connectivity index (χ3n) is 5.20. The van der Waals surface area contributed by atoms with Gasteiger partial charge in [-0.15, -0.1) is 24.0 Å². The molecule has 3 rings (SSSR count). The van der Waals surface area contributed by atoms with Gasteiger partial charge in [-0.25, -0.2) is 4.39 Å². The van der Waals surface area contributed by atoms with Gasteiger partial charge in [0.05, 0.1) is 25.8 Å². The van der Waals surface area contributed by atoms with Crippen LogP contribution in [0.4, 0.5) is 4.39 Å². The summed E-state index contributed by atoms with van der Waals surface area (Å²) in [5.41, 5.74) is 1.11. The van der Waals surface area contributed by atoms with E-state index < -0.39 is 0 Å². The molecule has 1 aliphatic heterocycles. The summed E-state index contributed by atoms with van der Waals surface area (Å²) in [5, 5.41) is 6.94. The molecular weight excluding hydrogens is 458 g/mol. The monoisotopic (exact) mass is 490 g/mol. The number of halogens is 2. The molecule has 0 spiro atoms. The molecule has 1 unspecified atom stereocenters. The molecule has 0 aromatic heterocycles. The molecule has 1 atom stereocenters. The number of aliphatic imine (C=N–C) groups is 1. The molecule has 0 amide bonds. The standard InChI is InChI=1S/C20H31FN4O.HI/c1-2-22-20(24-18-5-3-4-6-18)23-15-19(25-11-13-26-14-12-25)16-7-9-17(21)10-8-16;/h7-10,18-19H,2-6,11-15H2,1H3,(H2,22,23,24);1H. The fraction of sp³-hybridized carbons (Fsp3) is 0.650. The number of ether oxygens (including phenoxy) is 1. The third kappa shape index (κ3) is 6.87. The first kappa shape index (κ1) is 22.4. The fourth-order valence-electron chi connectivity index (χ4n) is 3.77. The van der Waals surface area contributed by atoms with E-state index in [0.717, 1.165) is 44.4 Å². The Balaban J connectivity index is 0.00000261. The minimum absolute atomic E-state index is 0. The number of guanidine groups is 1. The minimum Gasteiger partial charge on any atom is -0.379 e. The summed E-state index contributed by atoms with van der Waals surface area (Å²) in [7, 11) is 0. The van der Waals surface area contributed by atoms with E-state index >= 15 is 0 Å². The summed E-state index contributed by atoms with van der Waals surface area (Å²) in [6.07, 6.45) is 5.02. The summed E-state index contributed by atoms with van der Waals surface area (Å²) in [6.45, 7) is 6.81. The molecule has 2 N–H and O–H groups in total. The highest BCUT2D eigenvalue weighted by atomic mass is 127. The van der Waals surface area contributed by atoms with E-state index in [9.17, 15) is 4.39 Å². The van der Waals surface area contributed by atoms with E-state index in [2.05, 4.69) is 22.5 Å². The summed E-state index contributed by atoms with van der Waals surface area (Å²) in [6, 6.07) is 7.49. The lowest BCUT2D eigenvalue weighted by molar-refractivity contribution is 0.0179. The van der Waals surface area contributed by atoms with Gasteiger partial charge in [0.2, 0.25) is 0 Å². The van der Waals surface area contributed by atoms with Gasteiger partial charge in [0, 0.05) is 25.7 Å². The minimum atomic E-state index is -0.200. The van der Waals surface area contributed by atoms with Crippen molar-refractivity contribution in [3.05, 3.63) is 35.6 Å². The molecule has 1 aromatic carbocycles. The second-order valence-corrected chi connectivity index (χ2v) is 7.06. The number of benzene rings is 1. The number of hydrogen-bond acceptors (Lipinski definition) is 3. The van der Waals surface area contributed by atoms with Gasteiger partial charge < -0.3 is 15.4 Å². The van der Waals surface area contributed by atoms with Crippen LogP contribution in [0.1, 0.15) is 44.2 Å². The van der Waals surface area contributed by atoms with Crippen LogP contribution >= 0.6 is 24.0 Å². The predicted octanol–water partition coefficient (Wildman–Crippen LogP) is 3.31. The molecule has 1 aliphatic carbocycles. The van der Waals surface area contributed by atoms with E-state index in [4.69, 9.17) is 9.73 Å². The van der Waals surface area contributed by atoms with Gasteiger partial charge in [-0.05, 0) is 37.5 Å². The number of nitrogens with zero attached hydrogens (tertiary/aromatic N) is 2. The maximum absolute atomic E-state index is 13.4. The molecule has 2 aliphatic rings. The summed E-state index contributed by atoms with van der Waals surface area (Å²) < 4.78 is 18.8. The molecule has 7 heteroatoms. The van der Waals surface area contributed by atoms with Crippen LogP contribution in [0, 0.1) is 5.82 Å². The van der Waals surface area contributed by atoms with E-state index in [1.54, 1.807) is 0 Å². The Morgan fingerprint density at radius 2 is 1.89 bits per heavy atom. The van der Waals surface area contributed by atoms with Gasteiger partial charge in [-0.3, -0.25) is 9.89 Å². The van der Waals surface area contributed by atoms with Crippen molar-refractivity contribution >= 4 is 29.9 Å². The van der Waals surface area contributed by atoms with E-state index in [1.165, 1.54) is 37.8 Å². The van der Waals surface area contributed by atoms with Gasteiger partial charge in [0.25, 0.3) is 0 Å². The van der Waals surface area contributed by atoms with Crippen molar-refractivity contribution in [3.63, 3.8) is 0 Å².